The summed E-state index contributed by atoms with van der Waals surface area (Å²) in [4.78, 5) is 27.3. The standard InChI is InChI=1S/C23H18BrNO5/c1-29-17-8-3-6-15(12-17)21(26)19-20(14-5-2-7-16(24)11-14)25(23(28)22(19)27)13-18-9-4-10-30-18/h2-12,20,26H,13H2,1H3/b21-19+. The maximum atomic E-state index is 13.0. The van der Waals surface area contributed by atoms with Crippen molar-refractivity contribution in [3.05, 3.63) is 93.9 Å². The van der Waals surface area contributed by atoms with E-state index in [4.69, 9.17) is 9.15 Å². The van der Waals surface area contributed by atoms with Gasteiger partial charge < -0.3 is 19.2 Å². The minimum absolute atomic E-state index is 0.0258. The van der Waals surface area contributed by atoms with Gasteiger partial charge in [0.1, 0.15) is 17.3 Å². The van der Waals surface area contributed by atoms with Crippen LogP contribution in [0.5, 0.6) is 5.75 Å². The summed E-state index contributed by atoms with van der Waals surface area (Å²) in [7, 11) is 1.52. The van der Waals surface area contributed by atoms with E-state index >= 15 is 0 Å². The van der Waals surface area contributed by atoms with E-state index in [9.17, 15) is 14.7 Å². The number of carbonyl (C=O) groups excluding carboxylic acids is 2. The number of ketones is 1. The fraction of sp³-hybridized carbons (Fsp3) is 0.130. The number of furan rings is 1. The Kier molecular flexibility index (Phi) is 5.46. The number of ether oxygens (including phenoxy) is 1. The number of nitrogens with zero attached hydrogens (tertiary/aromatic N) is 1. The number of Topliss-reactive ketones (excluding diaryl/α,β-unsaturated/α-hetero) is 1. The number of rotatable bonds is 5. The number of carbonyl (C=O) groups is 2. The van der Waals surface area contributed by atoms with E-state index < -0.39 is 17.7 Å². The molecule has 1 fully saturated rings. The van der Waals surface area contributed by atoms with Gasteiger partial charge in [0.05, 0.1) is 31.5 Å². The van der Waals surface area contributed by atoms with E-state index in [0.29, 0.717) is 22.6 Å². The molecule has 0 bridgehead atoms. The van der Waals surface area contributed by atoms with Gasteiger partial charge >= 0.3 is 0 Å². The molecule has 1 atom stereocenters. The predicted molar refractivity (Wildman–Crippen MR) is 114 cm³/mol. The van der Waals surface area contributed by atoms with Crippen LogP contribution < -0.4 is 4.74 Å². The highest BCUT2D eigenvalue weighted by molar-refractivity contribution is 9.10. The Labute approximate surface area is 181 Å². The molecule has 1 amide bonds. The lowest BCUT2D eigenvalue weighted by atomic mass is 9.95. The molecule has 1 aliphatic heterocycles. The Hall–Kier alpha value is -3.32. The molecular formula is C23H18BrNO5. The first-order chi connectivity index (χ1) is 14.5. The monoisotopic (exact) mass is 467 g/mol. The zero-order chi connectivity index (χ0) is 21.3. The number of amides is 1. The molecule has 7 heteroatoms. The zero-order valence-corrected chi connectivity index (χ0v) is 17.6. The molecule has 1 saturated heterocycles. The third-order valence-electron chi connectivity index (χ3n) is 4.95. The van der Waals surface area contributed by atoms with Crippen LogP contribution >= 0.6 is 15.9 Å². The smallest absolute Gasteiger partial charge is 0.296 e. The van der Waals surface area contributed by atoms with Gasteiger partial charge in [-0.25, -0.2) is 0 Å². The average Bonchev–Trinajstić information content (AvgIpc) is 3.35. The van der Waals surface area contributed by atoms with Gasteiger partial charge in [-0.15, -0.1) is 0 Å². The van der Waals surface area contributed by atoms with Crippen molar-refractivity contribution in [1.29, 1.82) is 0 Å². The second-order valence-electron chi connectivity index (χ2n) is 6.79. The lowest BCUT2D eigenvalue weighted by molar-refractivity contribution is -0.140. The van der Waals surface area contributed by atoms with Crippen LogP contribution in [0.2, 0.25) is 0 Å². The third-order valence-corrected chi connectivity index (χ3v) is 5.45. The second kappa shape index (κ2) is 8.20. The molecule has 1 aliphatic rings. The van der Waals surface area contributed by atoms with Crippen LogP contribution in [0.1, 0.15) is 22.9 Å². The van der Waals surface area contributed by atoms with Crippen molar-refractivity contribution in [2.75, 3.05) is 7.11 Å². The third kappa shape index (κ3) is 3.64. The minimum atomic E-state index is -0.765. The quantitative estimate of drug-likeness (QED) is 0.335. The molecule has 2 aromatic carbocycles. The Morgan fingerprint density at radius 2 is 1.93 bits per heavy atom. The van der Waals surface area contributed by atoms with Crippen molar-refractivity contribution in [3.8, 4) is 5.75 Å². The van der Waals surface area contributed by atoms with Crippen LogP contribution in [0.3, 0.4) is 0 Å². The van der Waals surface area contributed by atoms with Crippen molar-refractivity contribution in [1.82, 2.24) is 4.90 Å². The summed E-state index contributed by atoms with van der Waals surface area (Å²) in [5, 5.41) is 11.1. The first-order valence-corrected chi connectivity index (χ1v) is 9.99. The first-order valence-electron chi connectivity index (χ1n) is 9.20. The van der Waals surface area contributed by atoms with Crippen molar-refractivity contribution in [2.24, 2.45) is 0 Å². The van der Waals surface area contributed by atoms with Gasteiger partial charge in [0.2, 0.25) is 0 Å². The normalized spacial score (nSPS) is 18.1. The van der Waals surface area contributed by atoms with Crippen LogP contribution in [0.25, 0.3) is 5.76 Å². The van der Waals surface area contributed by atoms with Gasteiger partial charge in [-0.2, -0.15) is 0 Å². The molecule has 1 N–H and O–H groups in total. The van der Waals surface area contributed by atoms with E-state index in [1.807, 2.05) is 24.3 Å². The average molecular weight is 468 g/mol. The largest absolute Gasteiger partial charge is 0.507 e. The summed E-state index contributed by atoms with van der Waals surface area (Å²) < 4.78 is 11.4. The summed E-state index contributed by atoms with van der Waals surface area (Å²) in [5.41, 5.74) is 1.11. The Morgan fingerprint density at radius 3 is 2.63 bits per heavy atom. The maximum Gasteiger partial charge on any atom is 0.296 e. The number of methoxy groups -OCH3 is 1. The fourth-order valence-electron chi connectivity index (χ4n) is 3.56. The molecule has 6 nitrogen and oxygen atoms in total. The SMILES string of the molecule is COc1cccc(/C(O)=C2\C(=O)C(=O)N(Cc3ccco3)C2c2cccc(Br)c2)c1. The van der Waals surface area contributed by atoms with E-state index in [1.165, 1.54) is 18.3 Å². The van der Waals surface area contributed by atoms with Gasteiger partial charge in [-0.3, -0.25) is 9.59 Å². The van der Waals surface area contributed by atoms with Crippen LogP contribution in [0.15, 0.2) is 81.4 Å². The van der Waals surface area contributed by atoms with Gasteiger partial charge in [0, 0.05) is 10.0 Å². The van der Waals surface area contributed by atoms with E-state index in [-0.39, 0.29) is 17.9 Å². The molecule has 3 aromatic rings. The van der Waals surface area contributed by atoms with Gasteiger partial charge in [0.25, 0.3) is 11.7 Å². The molecule has 0 aliphatic carbocycles. The van der Waals surface area contributed by atoms with Crippen molar-refractivity contribution in [3.63, 3.8) is 0 Å². The highest BCUT2D eigenvalue weighted by Crippen LogP contribution is 2.41. The first kappa shape index (κ1) is 20.0. The van der Waals surface area contributed by atoms with Crippen LogP contribution in [0, 0.1) is 0 Å². The maximum absolute atomic E-state index is 13.0. The molecule has 0 spiro atoms. The number of likely N-dealkylation sites (tertiary alicyclic amines) is 1. The van der Waals surface area contributed by atoms with Crippen molar-refractivity contribution >= 4 is 33.4 Å². The summed E-state index contributed by atoms with van der Waals surface area (Å²) in [6.07, 6.45) is 1.51. The number of aliphatic hydroxyl groups is 1. The van der Waals surface area contributed by atoms with E-state index in [2.05, 4.69) is 15.9 Å². The molecule has 4 rings (SSSR count). The molecule has 30 heavy (non-hydrogen) atoms. The molecule has 1 aromatic heterocycles. The van der Waals surface area contributed by atoms with Crippen LogP contribution in [-0.2, 0) is 16.1 Å². The number of benzene rings is 2. The Morgan fingerprint density at radius 1 is 1.13 bits per heavy atom. The zero-order valence-electron chi connectivity index (χ0n) is 16.0. The molecule has 2 heterocycles. The topological polar surface area (TPSA) is 80.0 Å². The molecule has 0 radical (unpaired) electrons. The van der Waals surface area contributed by atoms with Gasteiger partial charge in [0.15, 0.2) is 0 Å². The van der Waals surface area contributed by atoms with Crippen molar-refractivity contribution < 1.29 is 23.8 Å². The fourth-order valence-corrected chi connectivity index (χ4v) is 3.98. The molecule has 1 unspecified atom stereocenters. The van der Waals surface area contributed by atoms with Crippen LogP contribution in [-0.4, -0.2) is 28.8 Å². The molecular weight excluding hydrogens is 450 g/mol. The minimum Gasteiger partial charge on any atom is -0.507 e. The number of hydrogen-bond donors (Lipinski definition) is 1. The Balaban J connectivity index is 1.88. The van der Waals surface area contributed by atoms with Crippen LogP contribution in [0.4, 0.5) is 0 Å². The number of hydrogen-bond acceptors (Lipinski definition) is 5. The lowest BCUT2D eigenvalue weighted by Gasteiger charge is -2.24. The predicted octanol–water partition coefficient (Wildman–Crippen LogP) is 4.67. The highest BCUT2D eigenvalue weighted by atomic mass is 79.9. The molecule has 152 valence electrons. The second-order valence-corrected chi connectivity index (χ2v) is 7.71. The lowest BCUT2D eigenvalue weighted by Crippen LogP contribution is -2.29. The summed E-state index contributed by atoms with van der Waals surface area (Å²) in [5.74, 6) is -0.618. The molecule has 0 saturated carbocycles. The summed E-state index contributed by atoms with van der Waals surface area (Å²) in [6, 6.07) is 16.7. The van der Waals surface area contributed by atoms with E-state index in [1.54, 1.807) is 36.4 Å². The number of aliphatic hydroxyl groups excluding tert-OH is 1. The Bertz CT molecular complexity index is 1140. The summed E-state index contributed by atoms with van der Waals surface area (Å²) >= 11 is 3.44. The van der Waals surface area contributed by atoms with Gasteiger partial charge in [-0.1, -0.05) is 40.2 Å². The van der Waals surface area contributed by atoms with Crippen molar-refractivity contribution in [2.45, 2.75) is 12.6 Å². The van der Waals surface area contributed by atoms with E-state index in [0.717, 1.165) is 4.47 Å². The number of halogens is 1. The van der Waals surface area contributed by atoms with Gasteiger partial charge in [-0.05, 0) is 42.0 Å². The summed E-state index contributed by atoms with van der Waals surface area (Å²) in [6.45, 7) is 0.101. The highest BCUT2D eigenvalue weighted by Gasteiger charge is 2.46.